The first kappa shape index (κ1) is 24.3. The van der Waals surface area contributed by atoms with Gasteiger partial charge < -0.3 is 14.5 Å². The van der Waals surface area contributed by atoms with Crippen molar-refractivity contribution in [2.45, 2.75) is 45.4 Å². The van der Waals surface area contributed by atoms with Gasteiger partial charge in [0.1, 0.15) is 5.75 Å². The quantitative estimate of drug-likeness (QED) is 0.387. The minimum Gasteiger partial charge on any atom is -0.495 e. The number of anilines is 1. The van der Waals surface area contributed by atoms with Crippen LogP contribution in [0.3, 0.4) is 0 Å². The van der Waals surface area contributed by atoms with Gasteiger partial charge in [-0.1, -0.05) is 37.3 Å². The number of amides is 1. The Kier molecular flexibility index (Phi) is 7.21. The predicted molar refractivity (Wildman–Crippen MR) is 143 cm³/mol. The fourth-order valence-electron chi connectivity index (χ4n) is 5.17. The van der Waals surface area contributed by atoms with Gasteiger partial charge >= 0.3 is 0 Å². The molecule has 0 unspecified atom stereocenters. The van der Waals surface area contributed by atoms with Crippen LogP contribution in [0.4, 0.5) is 5.69 Å². The maximum absolute atomic E-state index is 13.3. The molecular weight excluding hydrogens is 450 g/mol. The molecule has 1 saturated carbocycles. The van der Waals surface area contributed by atoms with Crippen LogP contribution in [0.1, 0.15) is 60.5 Å². The number of fused-ring (bicyclic) bond motifs is 1. The zero-order valence-electron chi connectivity index (χ0n) is 21.3. The number of Topliss-reactive ketones (excluding diaryl/α,β-unsaturated/α-hetero) is 1. The average molecular weight is 486 g/mol. The van der Waals surface area contributed by atoms with Gasteiger partial charge in [-0.15, -0.1) is 0 Å². The van der Waals surface area contributed by atoms with E-state index in [0.717, 1.165) is 65.8 Å². The summed E-state index contributed by atoms with van der Waals surface area (Å²) in [6.45, 7) is 4.95. The monoisotopic (exact) mass is 485 g/mol. The molecule has 2 aromatic carbocycles. The molecule has 1 amide bonds. The van der Waals surface area contributed by atoms with Crippen LogP contribution in [0.5, 0.6) is 5.75 Å². The maximum Gasteiger partial charge on any atom is 0.222 e. The minimum atomic E-state index is 0.193. The van der Waals surface area contributed by atoms with Crippen molar-refractivity contribution in [2.24, 2.45) is 5.92 Å². The van der Waals surface area contributed by atoms with Crippen molar-refractivity contribution >= 4 is 28.3 Å². The highest BCUT2D eigenvalue weighted by Gasteiger charge is 2.28. The van der Waals surface area contributed by atoms with Crippen LogP contribution in [0, 0.1) is 5.92 Å². The number of carbonyl (C=O) groups is 2. The number of carbonyl (C=O) groups excluding carboxylic acids is 2. The van der Waals surface area contributed by atoms with Crippen LogP contribution in [-0.4, -0.2) is 54.9 Å². The van der Waals surface area contributed by atoms with Gasteiger partial charge in [0.25, 0.3) is 0 Å². The lowest BCUT2D eigenvalue weighted by molar-refractivity contribution is -0.131. The fraction of sp³-hybridized carbons (Fsp3) is 0.433. The Hall–Kier alpha value is -3.41. The van der Waals surface area contributed by atoms with E-state index in [-0.39, 0.29) is 11.7 Å². The molecule has 0 radical (unpaired) electrons. The Bertz CT molecular complexity index is 1250. The Morgan fingerprint density at radius 3 is 2.47 bits per heavy atom. The first-order chi connectivity index (χ1) is 17.6. The lowest BCUT2D eigenvalue weighted by atomic mass is 9.92. The normalized spacial score (nSPS) is 15.8. The molecule has 6 nitrogen and oxygen atoms in total. The van der Waals surface area contributed by atoms with Gasteiger partial charge in [-0.3, -0.25) is 14.6 Å². The van der Waals surface area contributed by atoms with Gasteiger partial charge in [-0.2, -0.15) is 0 Å². The van der Waals surface area contributed by atoms with Gasteiger partial charge in [0.2, 0.25) is 5.91 Å². The van der Waals surface area contributed by atoms with Crippen molar-refractivity contribution in [3.63, 3.8) is 0 Å². The van der Waals surface area contributed by atoms with Gasteiger partial charge in [0.05, 0.1) is 18.3 Å². The SMILES string of the molecule is CCCC(=O)N1CCN(c2cc3c(Cc4ccccc4)c(C(=O)CC4CC4)cnc3cc2OC)CC1. The second-order valence-corrected chi connectivity index (χ2v) is 10.0. The van der Waals surface area contributed by atoms with Crippen LogP contribution >= 0.6 is 0 Å². The number of benzene rings is 2. The van der Waals surface area contributed by atoms with Gasteiger partial charge in [-0.25, -0.2) is 0 Å². The summed E-state index contributed by atoms with van der Waals surface area (Å²) in [5.41, 5.74) is 4.78. The van der Waals surface area contributed by atoms with Gasteiger partial charge in [0.15, 0.2) is 5.78 Å². The van der Waals surface area contributed by atoms with Crippen LogP contribution in [-0.2, 0) is 11.2 Å². The summed E-state index contributed by atoms with van der Waals surface area (Å²) >= 11 is 0. The number of ketones is 1. The van der Waals surface area contributed by atoms with Gasteiger partial charge in [-0.05, 0) is 48.8 Å². The Morgan fingerprint density at radius 1 is 1.06 bits per heavy atom. The third-order valence-electron chi connectivity index (χ3n) is 7.41. The van der Waals surface area contributed by atoms with Crippen molar-refractivity contribution in [3.05, 3.63) is 65.4 Å². The van der Waals surface area contributed by atoms with Crippen molar-refractivity contribution in [2.75, 3.05) is 38.2 Å². The number of nitrogens with zero attached hydrogens (tertiary/aromatic N) is 3. The molecule has 3 aromatic rings. The molecule has 1 saturated heterocycles. The standard InChI is InChI=1S/C30H35N3O3/c1-3-7-30(35)33-14-12-32(13-15-33)27-18-24-23(16-21-8-5-4-6-9-21)25(28(34)17-22-10-11-22)20-31-26(24)19-29(27)36-2/h4-6,8-9,18-20,22H,3,7,10-17H2,1-2H3. The van der Waals surface area contributed by atoms with Crippen molar-refractivity contribution in [1.29, 1.82) is 0 Å². The molecule has 0 N–H and O–H groups in total. The number of rotatable bonds is 9. The summed E-state index contributed by atoms with van der Waals surface area (Å²) in [5, 5.41) is 1.00. The summed E-state index contributed by atoms with van der Waals surface area (Å²) < 4.78 is 5.79. The van der Waals surface area contributed by atoms with E-state index in [0.29, 0.717) is 38.3 Å². The van der Waals surface area contributed by atoms with E-state index >= 15 is 0 Å². The molecule has 188 valence electrons. The number of ether oxygens (including phenoxy) is 1. The van der Waals surface area contributed by atoms with E-state index in [4.69, 9.17) is 9.72 Å². The van der Waals surface area contributed by atoms with E-state index in [9.17, 15) is 9.59 Å². The predicted octanol–water partition coefficient (Wildman–Crippen LogP) is 5.27. The molecule has 1 aliphatic carbocycles. The first-order valence-corrected chi connectivity index (χ1v) is 13.2. The second kappa shape index (κ2) is 10.7. The lowest BCUT2D eigenvalue weighted by Gasteiger charge is -2.37. The third kappa shape index (κ3) is 5.23. The Labute approximate surface area is 213 Å². The molecule has 2 heterocycles. The van der Waals surface area contributed by atoms with E-state index in [1.54, 1.807) is 13.3 Å². The summed E-state index contributed by atoms with van der Waals surface area (Å²) in [6.07, 6.45) is 6.82. The number of hydrogen-bond acceptors (Lipinski definition) is 5. The summed E-state index contributed by atoms with van der Waals surface area (Å²) in [4.78, 5) is 34.6. The van der Waals surface area contributed by atoms with E-state index < -0.39 is 0 Å². The number of pyridine rings is 1. The van der Waals surface area contributed by atoms with E-state index in [1.165, 1.54) is 5.56 Å². The van der Waals surface area contributed by atoms with Crippen molar-refractivity contribution in [1.82, 2.24) is 9.88 Å². The summed E-state index contributed by atoms with van der Waals surface area (Å²) in [7, 11) is 1.68. The molecule has 6 heteroatoms. The highest BCUT2D eigenvalue weighted by molar-refractivity contribution is 6.02. The largest absolute Gasteiger partial charge is 0.495 e. The smallest absolute Gasteiger partial charge is 0.222 e. The summed E-state index contributed by atoms with van der Waals surface area (Å²) in [5.74, 6) is 1.72. The van der Waals surface area contributed by atoms with E-state index in [2.05, 4.69) is 23.1 Å². The van der Waals surface area contributed by atoms with Crippen LogP contribution < -0.4 is 9.64 Å². The summed E-state index contributed by atoms with van der Waals surface area (Å²) in [6, 6.07) is 14.5. The topological polar surface area (TPSA) is 62.7 Å². The molecule has 0 atom stereocenters. The van der Waals surface area contributed by atoms with Gasteiger partial charge in [0, 0.05) is 62.2 Å². The molecule has 5 rings (SSSR count). The lowest BCUT2D eigenvalue weighted by Crippen LogP contribution is -2.48. The van der Waals surface area contributed by atoms with Crippen LogP contribution in [0.2, 0.25) is 0 Å². The number of aromatic nitrogens is 1. The zero-order chi connectivity index (χ0) is 25.1. The minimum absolute atomic E-state index is 0.193. The van der Waals surface area contributed by atoms with Crippen LogP contribution in [0.25, 0.3) is 10.9 Å². The fourth-order valence-corrected chi connectivity index (χ4v) is 5.17. The zero-order valence-corrected chi connectivity index (χ0v) is 21.3. The highest BCUT2D eigenvalue weighted by Crippen LogP contribution is 2.38. The van der Waals surface area contributed by atoms with E-state index in [1.807, 2.05) is 36.1 Å². The molecule has 1 aliphatic heterocycles. The number of hydrogen-bond donors (Lipinski definition) is 0. The molecular formula is C30H35N3O3. The Morgan fingerprint density at radius 2 is 1.81 bits per heavy atom. The first-order valence-electron chi connectivity index (χ1n) is 13.2. The number of methoxy groups -OCH3 is 1. The molecule has 0 spiro atoms. The molecule has 0 bridgehead atoms. The van der Waals surface area contributed by atoms with Crippen molar-refractivity contribution in [3.8, 4) is 5.75 Å². The average Bonchev–Trinajstić information content (AvgIpc) is 3.73. The number of piperazine rings is 1. The molecule has 1 aromatic heterocycles. The third-order valence-corrected chi connectivity index (χ3v) is 7.41. The maximum atomic E-state index is 13.3. The van der Waals surface area contributed by atoms with Crippen LogP contribution in [0.15, 0.2) is 48.7 Å². The molecule has 2 fully saturated rings. The second-order valence-electron chi connectivity index (χ2n) is 10.0. The molecule has 36 heavy (non-hydrogen) atoms. The Balaban J connectivity index is 1.53. The van der Waals surface area contributed by atoms with Crippen molar-refractivity contribution < 1.29 is 14.3 Å². The highest BCUT2D eigenvalue weighted by atomic mass is 16.5. The molecule has 2 aliphatic rings.